The Morgan fingerprint density at radius 3 is 2.67 bits per heavy atom. The first-order valence-corrected chi connectivity index (χ1v) is 7.58. The second kappa shape index (κ2) is 7.84. The minimum Gasteiger partial charge on any atom is -0.366 e. The SMILES string of the molecule is CCCCN(C)c1cc(NCc2ccc(Cl)cc2)ncn1. The van der Waals surface area contributed by atoms with Gasteiger partial charge >= 0.3 is 0 Å². The molecule has 0 aliphatic rings. The van der Waals surface area contributed by atoms with Crippen molar-refractivity contribution in [3.05, 3.63) is 47.2 Å². The fourth-order valence-corrected chi connectivity index (χ4v) is 2.08. The lowest BCUT2D eigenvalue weighted by Gasteiger charge is -2.18. The molecule has 0 radical (unpaired) electrons. The first kappa shape index (κ1) is 15.6. The van der Waals surface area contributed by atoms with E-state index >= 15 is 0 Å². The second-order valence-corrected chi connectivity index (χ2v) is 5.45. The Morgan fingerprint density at radius 2 is 1.95 bits per heavy atom. The number of hydrogen-bond donors (Lipinski definition) is 1. The van der Waals surface area contributed by atoms with Crippen molar-refractivity contribution in [2.24, 2.45) is 0 Å². The van der Waals surface area contributed by atoms with Crippen LogP contribution in [0.4, 0.5) is 11.6 Å². The van der Waals surface area contributed by atoms with Crippen LogP contribution in [0.2, 0.25) is 5.02 Å². The van der Waals surface area contributed by atoms with E-state index < -0.39 is 0 Å². The topological polar surface area (TPSA) is 41.0 Å². The number of nitrogens with zero attached hydrogens (tertiary/aromatic N) is 3. The highest BCUT2D eigenvalue weighted by atomic mass is 35.5. The standard InChI is InChI=1S/C16H21ClN4/c1-3-4-9-21(2)16-10-15(19-12-20-16)18-11-13-5-7-14(17)8-6-13/h5-8,10,12H,3-4,9,11H2,1-2H3,(H,18,19,20). The number of anilines is 2. The van der Waals surface area contributed by atoms with Crippen LogP contribution in [0.3, 0.4) is 0 Å². The third-order valence-electron chi connectivity index (χ3n) is 3.28. The van der Waals surface area contributed by atoms with E-state index in [1.807, 2.05) is 30.3 Å². The Bertz CT molecular complexity index is 556. The molecule has 2 rings (SSSR count). The molecule has 0 saturated carbocycles. The molecular formula is C16H21ClN4. The van der Waals surface area contributed by atoms with Crippen LogP contribution in [-0.2, 0) is 6.54 Å². The molecule has 0 atom stereocenters. The molecule has 112 valence electrons. The van der Waals surface area contributed by atoms with Gasteiger partial charge in [-0.25, -0.2) is 9.97 Å². The van der Waals surface area contributed by atoms with Gasteiger partial charge in [-0.05, 0) is 24.1 Å². The molecule has 0 spiro atoms. The Balaban J connectivity index is 1.95. The molecule has 0 unspecified atom stereocenters. The van der Waals surface area contributed by atoms with Gasteiger partial charge in [-0.15, -0.1) is 0 Å². The molecule has 0 saturated heterocycles. The second-order valence-electron chi connectivity index (χ2n) is 5.02. The van der Waals surface area contributed by atoms with Gasteiger partial charge < -0.3 is 10.2 Å². The molecule has 1 aromatic carbocycles. The van der Waals surface area contributed by atoms with Gasteiger partial charge in [-0.1, -0.05) is 37.1 Å². The van der Waals surface area contributed by atoms with Crippen LogP contribution in [0, 0.1) is 0 Å². The normalized spacial score (nSPS) is 10.4. The smallest absolute Gasteiger partial charge is 0.133 e. The van der Waals surface area contributed by atoms with Gasteiger partial charge in [0.25, 0.3) is 0 Å². The largest absolute Gasteiger partial charge is 0.366 e. The zero-order valence-corrected chi connectivity index (χ0v) is 13.3. The molecule has 2 aromatic rings. The molecule has 0 bridgehead atoms. The Morgan fingerprint density at radius 1 is 1.19 bits per heavy atom. The predicted octanol–water partition coefficient (Wildman–Crippen LogP) is 3.98. The summed E-state index contributed by atoms with van der Waals surface area (Å²) in [5.41, 5.74) is 1.17. The lowest BCUT2D eigenvalue weighted by Crippen LogP contribution is -2.19. The molecule has 0 amide bonds. The summed E-state index contributed by atoms with van der Waals surface area (Å²) in [4.78, 5) is 10.7. The summed E-state index contributed by atoms with van der Waals surface area (Å²) >= 11 is 5.88. The first-order valence-electron chi connectivity index (χ1n) is 7.20. The Kier molecular flexibility index (Phi) is 5.81. The van der Waals surface area contributed by atoms with Crippen molar-refractivity contribution in [2.75, 3.05) is 23.8 Å². The Labute approximate surface area is 131 Å². The lowest BCUT2D eigenvalue weighted by atomic mass is 10.2. The van der Waals surface area contributed by atoms with Gasteiger partial charge in [0.05, 0.1) is 0 Å². The number of benzene rings is 1. The number of nitrogens with one attached hydrogen (secondary N) is 1. The van der Waals surface area contributed by atoms with Crippen molar-refractivity contribution < 1.29 is 0 Å². The van der Waals surface area contributed by atoms with E-state index in [0.717, 1.165) is 29.6 Å². The van der Waals surface area contributed by atoms with Gasteiger partial charge in [0.2, 0.25) is 0 Å². The van der Waals surface area contributed by atoms with Gasteiger partial charge in [0.15, 0.2) is 0 Å². The van der Waals surface area contributed by atoms with E-state index in [1.165, 1.54) is 12.0 Å². The van der Waals surface area contributed by atoms with Gasteiger partial charge in [0, 0.05) is 31.2 Å². The van der Waals surface area contributed by atoms with E-state index in [4.69, 9.17) is 11.6 Å². The maximum absolute atomic E-state index is 5.88. The van der Waals surface area contributed by atoms with E-state index in [0.29, 0.717) is 6.54 Å². The van der Waals surface area contributed by atoms with Crippen molar-refractivity contribution in [3.8, 4) is 0 Å². The van der Waals surface area contributed by atoms with Crippen molar-refractivity contribution >= 4 is 23.2 Å². The minimum absolute atomic E-state index is 0.715. The zero-order chi connectivity index (χ0) is 15.1. The maximum atomic E-state index is 5.88. The van der Waals surface area contributed by atoms with E-state index in [1.54, 1.807) is 6.33 Å². The summed E-state index contributed by atoms with van der Waals surface area (Å²) in [7, 11) is 2.06. The predicted molar refractivity (Wildman–Crippen MR) is 89.0 cm³/mol. The summed E-state index contributed by atoms with van der Waals surface area (Å²) in [5, 5.41) is 4.06. The molecule has 1 N–H and O–H groups in total. The molecular weight excluding hydrogens is 284 g/mol. The highest BCUT2D eigenvalue weighted by Crippen LogP contribution is 2.15. The zero-order valence-electron chi connectivity index (χ0n) is 12.5. The number of halogens is 1. The summed E-state index contributed by atoms with van der Waals surface area (Å²) in [5.74, 6) is 1.77. The van der Waals surface area contributed by atoms with Crippen LogP contribution in [0.15, 0.2) is 36.7 Å². The fourth-order valence-electron chi connectivity index (χ4n) is 1.96. The average molecular weight is 305 g/mol. The molecule has 5 heteroatoms. The lowest BCUT2D eigenvalue weighted by molar-refractivity contribution is 0.758. The maximum Gasteiger partial charge on any atom is 0.133 e. The van der Waals surface area contributed by atoms with Gasteiger partial charge in [-0.2, -0.15) is 0 Å². The fraction of sp³-hybridized carbons (Fsp3) is 0.375. The van der Waals surface area contributed by atoms with Crippen LogP contribution in [0.25, 0.3) is 0 Å². The molecule has 4 nitrogen and oxygen atoms in total. The van der Waals surface area contributed by atoms with Crippen molar-refractivity contribution in [1.29, 1.82) is 0 Å². The Hall–Kier alpha value is -1.81. The summed E-state index contributed by atoms with van der Waals surface area (Å²) < 4.78 is 0. The summed E-state index contributed by atoms with van der Waals surface area (Å²) in [6, 6.07) is 9.77. The van der Waals surface area contributed by atoms with Crippen LogP contribution in [-0.4, -0.2) is 23.6 Å². The van der Waals surface area contributed by atoms with Crippen LogP contribution >= 0.6 is 11.6 Å². The number of hydrogen-bond acceptors (Lipinski definition) is 4. The quantitative estimate of drug-likeness (QED) is 0.840. The summed E-state index contributed by atoms with van der Waals surface area (Å²) in [6.45, 7) is 3.91. The van der Waals surface area contributed by atoms with E-state index in [9.17, 15) is 0 Å². The van der Waals surface area contributed by atoms with E-state index in [2.05, 4.69) is 34.2 Å². The number of unbranched alkanes of at least 4 members (excludes halogenated alkanes) is 1. The third-order valence-corrected chi connectivity index (χ3v) is 3.53. The minimum atomic E-state index is 0.715. The summed E-state index contributed by atoms with van der Waals surface area (Å²) in [6.07, 6.45) is 3.94. The average Bonchev–Trinajstić information content (AvgIpc) is 2.52. The van der Waals surface area contributed by atoms with Crippen molar-refractivity contribution in [1.82, 2.24) is 9.97 Å². The molecule has 0 aliphatic carbocycles. The molecule has 0 aliphatic heterocycles. The number of rotatable bonds is 7. The number of aromatic nitrogens is 2. The molecule has 1 aromatic heterocycles. The van der Waals surface area contributed by atoms with E-state index in [-0.39, 0.29) is 0 Å². The van der Waals surface area contributed by atoms with Gasteiger partial charge in [0.1, 0.15) is 18.0 Å². The highest BCUT2D eigenvalue weighted by molar-refractivity contribution is 6.30. The highest BCUT2D eigenvalue weighted by Gasteiger charge is 2.04. The molecule has 0 fully saturated rings. The van der Waals surface area contributed by atoms with Crippen LogP contribution in [0.5, 0.6) is 0 Å². The van der Waals surface area contributed by atoms with Crippen molar-refractivity contribution in [2.45, 2.75) is 26.3 Å². The van der Waals surface area contributed by atoms with Crippen molar-refractivity contribution in [3.63, 3.8) is 0 Å². The third kappa shape index (κ3) is 4.90. The monoisotopic (exact) mass is 304 g/mol. The van der Waals surface area contributed by atoms with Crippen LogP contribution < -0.4 is 10.2 Å². The molecule has 1 heterocycles. The van der Waals surface area contributed by atoms with Gasteiger partial charge in [-0.3, -0.25) is 0 Å². The first-order chi connectivity index (χ1) is 10.2. The van der Waals surface area contributed by atoms with Crippen LogP contribution in [0.1, 0.15) is 25.3 Å². The molecule has 21 heavy (non-hydrogen) atoms.